The van der Waals surface area contributed by atoms with Crippen LogP contribution in [0.3, 0.4) is 0 Å². The summed E-state index contributed by atoms with van der Waals surface area (Å²) in [6.45, 7) is 1.02. The highest BCUT2D eigenvalue weighted by Gasteiger charge is 2.18. The number of methoxy groups -OCH3 is 1. The Morgan fingerprint density at radius 2 is 1.88 bits per heavy atom. The zero-order valence-corrected chi connectivity index (χ0v) is 11.0. The molecule has 1 amide bonds. The Kier molecular flexibility index (Phi) is 7.69. The smallest absolute Gasteiger partial charge is 0.229 e. The number of Topliss-reactive ketones (excluding diaryl/α,β-unsaturated/α-hetero) is 1. The number of likely N-dealkylation sites (N-methyl/N-ethyl adjacent to an activating group) is 1. The largest absolute Gasteiger partial charge is 0.383 e. The van der Waals surface area contributed by atoms with Crippen molar-refractivity contribution in [3.8, 4) is 0 Å². The van der Waals surface area contributed by atoms with Crippen molar-refractivity contribution < 1.29 is 19.4 Å². The molecule has 0 aromatic heterocycles. The third kappa shape index (κ3) is 7.04. The first-order valence-corrected chi connectivity index (χ1v) is 5.47. The van der Waals surface area contributed by atoms with Gasteiger partial charge in [0.2, 0.25) is 5.91 Å². The minimum absolute atomic E-state index is 0.0419. The van der Waals surface area contributed by atoms with E-state index in [9.17, 15) is 14.7 Å². The lowest BCUT2D eigenvalue weighted by Gasteiger charge is -2.22. The van der Waals surface area contributed by atoms with Crippen molar-refractivity contribution in [3.05, 3.63) is 0 Å². The van der Waals surface area contributed by atoms with Crippen molar-refractivity contribution in [1.82, 2.24) is 9.80 Å². The van der Waals surface area contributed by atoms with E-state index in [4.69, 9.17) is 4.74 Å². The predicted molar refractivity (Wildman–Crippen MR) is 63.4 cm³/mol. The maximum atomic E-state index is 11.5. The lowest BCUT2D eigenvalue weighted by Crippen LogP contribution is -2.36. The van der Waals surface area contributed by atoms with Gasteiger partial charge in [-0.1, -0.05) is 0 Å². The number of carbonyl (C=O) groups is 2. The van der Waals surface area contributed by atoms with Crippen LogP contribution in [0.1, 0.15) is 12.8 Å². The monoisotopic (exact) mass is 246 g/mol. The fourth-order valence-corrected chi connectivity index (χ4v) is 1.14. The van der Waals surface area contributed by atoms with Crippen molar-refractivity contribution in [2.75, 3.05) is 41.4 Å². The molecule has 0 saturated carbocycles. The van der Waals surface area contributed by atoms with Gasteiger partial charge < -0.3 is 14.7 Å². The summed E-state index contributed by atoms with van der Waals surface area (Å²) in [7, 11) is 6.46. The molecule has 0 rings (SSSR count). The SMILES string of the molecule is COCCN(C)C(O)CC(=O)CC(=O)N(C)C. The zero-order valence-electron chi connectivity index (χ0n) is 11.0. The molecule has 0 aromatic carbocycles. The quantitative estimate of drug-likeness (QED) is 0.454. The van der Waals surface area contributed by atoms with Gasteiger partial charge in [-0.15, -0.1) is 0 Å². The molecule has 1 atom stereocenters. The molecular weight excluding hydrogens is 224 g/mol. The molecule has 100 valence electrons. The number of aliphatic hydroxyl groups excluding tert-OH is 1. The van der Waals surface area contributed by atoms with Gasteiger partial charge in [0.05, 0.1) is 13.0 Å². The Bertz CT molecular complexity index is 256. The summed E-state index contributed by atoms with van der Waals surface area (Å²) < 4.78 is 4.87. The van der Waals surface area contributed by atoms with Gasteiger partial charge >= 0.3 is 0 Å². The summed E-state index contributed by atoms with van der Waals surface area (Å²) in [5.41, 5.74) is 0. The maximum Gasteiger partial charge on any atom is 0.229 e. The van der Waals surface area contributed by atoms with Gasteiger partial charge in [-0.2, -0.15) is 0 Å². The summed E-state index contributed by atoms with van der Waals surface area (Å²) in [6, 6.07) is 0. The molecule has 0 heterocycles. The van der Waals surface area contributed by atoms with Crippen LogP contribution >= 0.6 is 0 Å². The molecule has 0 aliphatic carbocycles. The van der Waals surface area contributed by atoms with Crippen LogP contribution in [0, 0.1) is 0 Å². The average Bonchev–Trinajstić information content (AvgIpc) is 2.25. The molecular formula is C11H22N2O4. The molecule has 17 heavy (non-hydrogen) atoms. The molecule has 6 nitrogen and oxygen atoms in total. The van der Waals surface area contributed by atoms with Gasteiger partial charge in [-0.3, -0.25) is 14.5 Å². The number of carbonyl (C=O) groups excluding carboxylic acids is 2. The Morgan fingerprint density at radius 1 is 1.29 bits per heavy atom. The number of ether oxygens (including phenoxy) is 1. The highest BCUT2D eigenvalue weighted by atomic mass is 16.5. The summed E-state index contributed by atoms with van der Waals surface area (Å²) in [6.07, 6.45) is -1.07. The number of rotatable bonds is 8. The maximum absolute atomic E-state index is 11.5. The van der Waals surface area contributed by atoms with Crippen LogP contribution in [0.15, 0.2) is 0 Å². The van der Waals surface area contributed by atoms with E-state index in [1.807, 2.05) is 0 Å². The lowest BCUT2D eigenvalue weighted by molar-refractivity contribution is -0.135. The van der Waals surface area contributed by atoms with E-state index >= 15 is 0 Å². The molecule has 1 unspecified atom stereocenters. The topological polar surface area (TPSA) is 70.1 Å². The fraction of sp³-hybridized carbons (Fsp3) is 0.818. The van der Waals surface area contributed by atoms with Crippen LogP contribution in [0.2, 0.25) is 0 Å². The Labute approximate surface area is 102 Å². The average molecular weight is 246 g/mol. The van der Waals surface area contributed by atoms with E-state index < -0.39 is 6.23 Å². The minimum Gasteiger partial charge on any atom is -0.383 e. The Morgan fingerprint density at radius 3 is 2.35 bits per heavy atom. The second kappa shape index (κ2) is 8.16. The molecule has 0 bridgehead atoms. The molecule has 0 radical (unpaired) electrons. The van der Waals surface area contributed by atoms with Crippen LogP contribution in [0.25, 0.3) is 0 Å². The van der Waals surface area contributed by atoms with E-state index in [0.29, 0.717) is 13.2 Å². The van der Waals surface area contributed by atoms with E-state index in [1.165, 1.54) is 4.90 Å². The van der Waals surface area contributed by atoms with Gasteiger partial charge in [0, 0.05) is 34.2 Å². The fourth-order valence-electron chi connectivity index (χ4n) is 1.14. The number of amides is 1. The molecule has 0 fully saturated rings. The third-order valence-electron chi connectivity index (χ3n) is 2.41. The lowest BCUT2D eigenvalue weighted by atomic mass is 10.1. The highest BCUT2D eigenvalue weighted by Crippen LogP contribution is 2.02. The number of aliphatic hydroxyl groups is 1. The van der Waals surface area contributed by atoms with E-state index in [0.717, 1.165) is 0 Å². The van der Waals surface area contributed by atoms with Crippen molar-refractivity contribution >= 4 is 11.7 Å². The molecule has 0 spiro atoms. The summed E-state index contributed by atoms with van der Waals surface area (Å²) >= 11 is 0. The van der Waals surface area contributed by atoms with Crippen molar-refractivity contribution in [2.24, 2.45) is 0 Å². The normalized spacial score (nSPS) is 12.6. The van der Waals surface area contributed by atoms with Gasteiger partial charge in [0.15, 0.2) is 0 Å². The summed E-state index contributed by atoms with van der Waals surface area (Å²) in [5, 5.41) is 9.69. The van der Waals surface area contributed by atoms with Crippen molar-refractivity contribution in [3.63, 3.8) is 0 Å². The molecule has 0 aliphatic heterocycles. The van der Waals surface area contributed by atoms with Crippen LogP contribution in [0.5, 0.6) is 0 Å². The summed E-state index contributed by atoms with van der Waals surface area (Å²) in [4.78, 5) is 25.7. The van der Waals surface area contributed by atoms with Crippen LogP contribution in [-0.2, 0) is 14.3 Å². The van der Waals surface area contributed by atoms with Gasteiger partial charge in [-0.25, -0.2) is 0 Å². The third-order valence-corrected chi connectivity index (χ3v) is 2.41. The molecule has 0 aliphatic rings. The number of ketones is 1. The van der Waals surface area contributed by atoms with E-state index in [-0.39, 0.29) is 24.5 Å². The Hall–Kier alpha value is -0.980. The second-order valence-corrected chi connectivity index (χ2v) is 4.16. The van der Waals surface area contributed by atoms with E-state index in [1.54, 1.807) is 33.2 Å². The molecule has 0 aromatic rings. The first kappa shape index (κ1) is 16.0. The standard InChI is InChI=1S/C11H22N2O4/c1-12(2)10(15)7-9(14)8-11(16)13(3)5-6-17-4/h11,16H,5-8H2,1-4H3. The van der Waals surface area contributed by atoms with Gasteiger partial charge in [-0.05, 0) is 7.05 Å². The first-order valence-electron chi connectivity index (χ1n) is 5.47. The van der Waals surface area contributed by atoms with Gasteiger partial charge in [0.25, 0.3) is 0 Å². The molecule has 1 N–H and O–H groups in total. The van der Waals surface area contributed by atoms with Crippen LogP contribution in [-0.4, -0.2) is 74.2 Å². The van der Waals surface area contributed by atoms with Crippen LogP contribution < -0.4 is 0 Å². The second-order valence-electron chi connectivity index (χ2n) is 4.16. The highest BCUT2D eigenvalue weighted by molar-refractivity contribution is 5.97. The van der Waals surface area contributed by atoms with Crippen LogP contribution in [0.4, 0.5) is 0 Å². The zero-order chi connectivity index (χ0) is 13.4. The first-order chi connectivity index (χ1) is 7.88. The number of hydrogen-bond acceptors (Lipinski definition) is 5. The summed E-state index contributed by atoms with van der Waals surface area (Å²) in [5.74, 6) is -0.512. The Balaban J connectivity index is 3.98. The number of hydrogen-bond donors (Lipinski definition) is 1. The van der Waals surface area contributed by atoms with Crippen molar-refractivity contribution in [1.29, 1.82) is 0 Å². The predicted octanol–water partition coefficient (Wildman–Crippen LogP) is -0.679. The minimum atomic E-state index is -0.868. The van der Waals surface area contributed by atoms with Gasteiger partial charge in [0.1, 0.15) is 12.0 Å². The number of nitrogens with zero attached hydrogens (tertiary/aromatic N) is 2. The molecule has 6 heteroatoms. The van der Waals surface area contributed by atoms with Crippen molar-refractivity contribution in [2.45, 2.75) is 19.1 Å². The van der Waals surface area contributed by atoms with E-state index in [2.05, 4.69) is 0 Å². The molecule has 0 saturated heterocycles.